The lowest BCUT2D eigenvalue weighted by Crippen LogP contribution is -2.30. The first-order valence-corrected chi connectivity index (χ1v) is 9.72. The van der Waals surface area contributed by atoms with E-state index in [2.05, 4.69) is 15.5 Å². The van der Waals surface area contributed by atoms with Gasteiger partial charge in [-0.15, -0.1) is 5.10 Å². The fraction of sp³-hybridized carbons (Fsp3) is 0.176. The Morgan fingerprint density at radius 1 is 1.11 bits per heavy atom. The van der Waals surface area contributed by atoms with Gasteiger partial charge in [0.1, 0.15) is 6.54 Å². The fourth-order valence-corrected chi connectivity index (χ4v) is 3.11. The highest BCUT2D eigenvalue weighted by atomic mass is 32.2. The van der Waals surface area contributed by atoms with E-state index in [0.717, 1.165) is 16.1 Å². The molecule has 1 aromatic carbocycles. The molecule has 0 radical (unpaired) electrons. The van der Waals surface area contributed by atoms with Gasteiger partial charge >= 0.3 is 0 Å². The normalized spacial score (nSPS) is 11.4. The van der Waals surface area contributed by atoms with E-state index in [-0.39, 0.29) is 11.4 Å². The quantitative estimate of drug-likeness (QED) is 0.630. The van der Waals surface area contributed by atoms with Crippen LogP contribution in [-0.2, 0) is 21.4 Å². The lowest BCUT2D eigenvalue weighted by atomic mass is 10.3. The summed E-state index contributed by atoms with van der Waals surface area (Å²) >= 11 is 0. The Morgan fingerprint density at radius 3 is 2.36 bits per heavy atom. The Hall–Kier alpha value is -3.31. The van der Waals surface area contributed by atoms with Gasteiger partial charge in [0.05, 0.1) is 10.6 Å². The molecule has 0 fully saturated rings. The summed E-state index contributed by atoms with van der Waals surface area (Å²) in [5.74, 6) is -0.0843. The van der Waals surface area contributed by atoms with Crippen molar-refractivity contribution >= 4 is 21.6 Å². The number of amides is 1. The first-order valence-electron chi connectivity index (χ1n) is 8.18. The number of anilines is 1. The van der Waals surface area contributed by atoms with Gasteiger partial charge in [-0.1, -0.05) is 0 Å². The zero-order valence-electron chi connectivity index (χ0n) is 15.2. The third-order valence-corrected chi connectivity index (χ3v) is 4.77. The van der Waals surface area contributed by atoms with Crippen molar-refractivity contribution in [2.75, 3.05) is 5.32 Å². The molecule has 3 rings (SSSR count). The number of carbonyl (C=O) groups excluding carboxylic acids is 1. The summed E-state index contributed by atoms with van der Waals surface area (Å²) < 4.78 is 25.1. The second-order valence-corrected chi connectivity index (χ2v) is 7.71. The first kappa shape index (κ1) is 19.5. The van der Waals surface area contributed by atoms with Crippen LogP contribution in [0.25, 0.3) is 5.82 Å². The molecule has 2 heterocycles. The van der Waals surface area contributed by atoms with Crippen molar-refractivity contribution in [1.29, 1.82) is 0 Å². The summed E-state index contributed by atoms with van der Waals surface area (Å²) in [6.07, 6.45) is 0. The van der Waals surface area contributed by atoms with Gasteiger partial charge in [0.25, 0.3) is 5.56 Å². The Labute approximate surface area is 160 Å². The van der Waals surface area contributed by atoms with Crippen LogP contribution in [-0.4, -0.2) is 33.9 Å². The highest BCUT2D eigenvalue weighted by molar-refractivity contribution is 7.89. The zero-order chi connectivity index (χ0) is 20.5. The highest BCUT2D eigenvalue weighted by Crippen LogP contribution is 2.13. The second kappa shape index (κ2) is 7.37. The SMILES string of the molecule is Cc1cc(C)n(-c2ccc(=O)n(CC(=O)Nc3ccc(S(N)(=O)=O)cc3)n2)n1. The van der Waals surface area contributed by atoms with E-state index < -0.39 is 21.5 Å². The van der Waals surface area contributed by atoms with Crippen molar-refractivity contribution in [2.24, 2.45) is 5.14 Å². The van der Waals surface area contributed by atoms with Crippen LogP contribution in [0.3, 0.4) is 0 Å². The number of nitrogens with one attached hydrogen (secondary N) is 1. The molecule has 2 aromatic heterocycles. The van der Waals surface area contributed by atoms with Crippen LogP contribution in [0.4, 0.5) is 5.69 Å². The number of rotatable bonds is 5. The molecular formula is C17H18N6O4S. The van der Waals surface area contributed by atoms with Crippen LogP contribution in [0, 0.1) is 13.8 Å². The number of carbonyl (C=O) groups is 1. The monoisotopic (exact) mass is 402 g/mol. The lowest BCUT2D eigenvalue weighted by Gasteiger charge is -2.09. The smallest absolute Gasteiger partial charge is 0.267 e. The maximum atomic E-state index is 12.3. The van der Waals surface area contributed by atoms with Gasteiger partial charge in [0.15, 0.2) is 5.82 Å². The zero-order valence-corrected chi connectivity index (χ0v) is 16.0. The van der Waals surface area contributed by atoms with E-state index in [1.807, 2.05) is 19.9 Å². The minimum Gasteiger partial charge on any atom is -0.324 e. The molecule has 1 amide bonds. The molecule has 3 N–H and O–H groups in total. The summed E-state index contributed by atoms with van der Waals surface area (Å²) in [7, 11) is -3.81. The number of sulfonamides is 1. The summed E-state index contributed by atoms with van der Waals surface area (Å²) in [4.78, 5) is 24.2. The van der Waals surface area contributed by atoms with E-state index in [0.29, 0.717) is 11.5 Å². The molecule has 0 saturated heterocycles. The number of aryl methyl sites for hydroxylation is 2. The third-order valence-electron chi connectivity index (χ3n) is 3.84. The lowest BCUT2D eigenvalue weighted by molar-refractivity contribution is -0.117. The molecule has 0 aliphatic heterocycles. The van der Waals surface area contributed by atoms with Crippen molar-refractivity contribution in [3.63, 3.8) is 0 Å². The predicted octanol–water partition coefficient (Wildman–Crippen LogP) is 0.332. The molecule has 28 heavy (non-hydrogen) atoms. The van der Waals surface area contributed by atoms with Gasteiger partial charge in [0.2, 0.25) is 15.9 Å². The van der Waals surface area contributed by atoms with Crippen LogP contribution < -0.4 is 16.0 Å². The van der Waals surface area contributed by atoms with Crippen molar-refractivity contribution < 1.29 is 13.2 Å². The standard InChI is InChI=1S/C17H18N6O4S/c1-11-9-12(2)23(20-11)15-7-8-17(25)22(21-15)10-16(24)19-13-3-5-14(6-4-13)28(18,26)27/h3-9H,10H2,1-2H3,(H,19,24)(H2,18,26,27). The average Bonchev–Trinajstić information content (AvgIpc) is 2.95. The molecule has 0 spiro atoms. The molecule has 0 saturated carbocycles. The number of primary sulfonamides is 1. The first-order chi connectivity index (χ1) is 13.1. The number of nitrogens with two attached hydrogens (primary N) is 1. The minimum atomic E-state index is -3.81. The van der Waals surface area contributed by atoms with E-state index >= 15 is 0 Å². The van der Waals surface area contributed by atoms with Gasteiger partial charge in [-0.2, -0.15) is 5.10 Å². The van der Waals surface area contributed by atoms with Crippen molar-refractivity contribution in [3.8, 4) is 5.82 Å². The Balaban J connectivity index is 1.78. The van der Waals surface area contributed by atoms with E-state index in [4.69, 9.17) is 5.14 Å². The predicted molar refractivity (Wildman–Crippen MR) is 102 cm³/mol. The van der Waals surface area contributed by atoms with Gasteiger partial charge < -0.3 is 5.32 Å². The molecule has 0 aliphatic carbocycles. The van der Waals surface area contributed by atoms with Crippen LogP contribution in [0.5, 0.6) is 0 Å². The molecule has 3 aromatic rings. The summed E-state index contributed by atoms with van der Waals surface area (Å²) in [5, 5.41) is 16.1. The Kier molecular flexibility index (Phi) is 5.12. The average molecular weight is 402 g/mol. The Bertz CT molecular complexity index is 1200. The molecule has 0 atom stereocenters. The van der Waals surface area contributed by atoms with Crippen molar-refractivity contribution in [3.05, 3.63) is 64.2 Å². The second-order valence-electron chi connectivity index (χ2n) is 6.14. The van der Waals surface area contributed by atoms with E-state index in [1.54, 1.807) is 4.68 Å². The van der Waals surface area contributed by atoms with Gasteiger partial charge in [0, 0.05) is 17.4 Å². The molecular weight excluding hydrogens is 384 g/mol. The van der Waals surface area contributed by atoms with Crippen LogP contribution >= 0.6 is 0 Å². The van der Waals surface area contributed by atoms with Crippen LogP contribution in [0.1, 0.15) is 11.4 Å². The third kappa shape index (κ3) is 4.32. The number of hydrogen-bond donors (Lipinski definition) is 2. The van der Waals surface area contributed by atoms with E-state index in [1.165, 1.54) is 36.4 Å². The van der Waals surface area contributed by atoms with Gasteiger partial charge in [-0.05, 0) is 50.2 Å². The van der Waals surface area contributed by atoms with Crippen LogP contribution in [0.2, 0.25) is 0 Å². The maximum absolute atomic E-state index is 12.3. The Morgan fingerprint density at radius 2 is 1.79 bits per heavy atom. The van der Waals surface area contributed by atoms with E-state index in [9.17, 15) is 18.0 Å². The van der Waals surface area contributed by atoms with Crippen molar-refractivity contribution in [1.82, 2.24) is 19.6 Å². The number of aromatic nitrogens is 4. The largest absolute Gasteiger partial charge is 0.324 e. The molecule has 0 bridgehead atoms. The minimum absolute atomic E-state index is 0.0685. The number of benzene rings is 1. The molecule has 0 aliphatic rings. The van der Waals surface area contributed by atoms with Crippen molar-refractivity contribution in [2.45, 2.75) is 25.3 Å². The number of hydrogen-bond acceptors (Lipinski definition) is 6. The molecule has 146 valence electrons. The molecule has 0 unspecified atom stereocenters. The summed E-state index contributed by atoms with van der Waals surface area (Å²) in [6.45, 7) is 3.38. The highest BCUT2D eigenvalue weighted by Gasteiger charge is 2.11. The summed E-state index contributed by atoms with van der Waals surface area (Å²) in [6, 6.07) is 10.1. The van der Waals surface area contributed by atoms with Gasteiger partial charge in [-0.3, -0.25) is 9.59 Å². The van der Waals surface area contributed by atoms with Gasteiger partial charge in [-0.25, -0.2) is 22.9 Å². The number of nitrogens with zero attached hydrogens (tertiary/aromatic N) is 4. The topological polar surface area (TPSA) is 142 Å². The summed E-state index contributed by atoms with van der Waals surface area (Å²) in [5.41, 5.74) is 1.57. The fourth-order valence-electron chi connectivity index (χ4n) is 2.59. The molecule has 10 nitrogen and oxygen atoms in total. The molecule has 11 heteroatoms. The van der Waals surface area contributed by atoms with Crippen LogP contribution in [0.15, 0.2) is 52.2 Å². The maximum Gasteiger partial charge on any atom is 0.267 e.